The highest BCUT2D eigenvalue weighted by Gasteiger charge is 2.02. The summed E-state index contributed by atoms with van der Waals surface area (Å²) < 4.78 is 25.0. The summed E-state index contributed by atoms with van der Waals surface area (Å²) in [7, 11) is 0. The first-order valence-corrected chi connectivity index (χ1v) is 3.22. The molecule has 4 heteroatoms. The SMILES string of the molecule is C#CCNc1ncc(F)cc1F. The second-order valence-corrected chi connectivity index (χ2v) is 2.04. The third kappa shape index (κ3) is 1.92. The van der Waals surface area contributed by atoms with Gasteiger partial charge in [-0.1, -0.05) is 5.92 Å². The Morgan fingerprint density at radius 1 is 1.58 bits per heavy atom. The first-order chi connectivity index (χ1) is 5.74. The van der Waals surface area contributed by atoms with Gasteiger partial charge in [-0.25, -0.2) is 13.8 Å². The van der Waals surface area contributed by atoms with Crippen molar-refractivity contribution < 1.29 is 8.78 Å². The van der Waals surface area contributed by atoms with Gasteiger partial charge in [0.05, 0.1) is 12.7 Å². The Hall–Kier alpha value is -1.63. The lowest BCUT2D eigenvalue weighted by molar-refractivity contribution is 0.576. The van der Waals surface area contributed by atoms with Crippen LogP contribution < -0.4 is 5.32 Å². The fourth-order valence-corrected chi connectivity index (χ4v) is 0.679. The molecule has 1 aromatic rings. The third-order valence-corrected chi connectivity index (χ3v) is 1.17. The highest BCUT2D eigenvalue weighted by Crippen LogP contribution is 2.09. The Kier molecular flexibility index (Phi) is 2.59. The molecule has 0 radical (unpaired) electrons. The van der Waals surface area contributed by atoms with Gasteiger partial charge in [0.2, 0.25) is 0 Å². The van der Waals surface area contributed by atoms with E-state index in [-0.39, 0.29) is 12.4 Å². The quantitative estimate of drug-likeness (QED) is 0.675. The molecule has 0 aliphatic rings. The Morgan fingerprint density at radius 2 is 2.33 bits per heavy atom. The van der Waals surface area contributed by atoms with Crippen LogP contribution in [0.15, 0.2) is 12.3 Å². The van der Waals surface area contributed by atoms with Crippen LogP contribution in [0, 0.1) is 24.0 Å². The largest absolute Gasteiger partial charge is 0.357 e. The summed E-state index contributed by atoms with van der Waals surface area (Å²) in [5.41, 5.74) is 0. The zero-order valence-electron chi connectivity index (χ0n) is 6.14. The summed E-state index contributed by atoms with van der Waals surface area (Å²) in [5.74, 6) is 0.759. The van der Waals surface area contributed by atoms with E-state index in [1.807, 2.05) is 0 Å². The van der Waals surface area contributed by atoms with Crippen molar-refractivity contribution in [3.05, 3.63) is 23.9 Å². The van der Waals surface area contributed by atoms with Gasteiger partial charge in [-0.2, -0.15) is 0 Å². The van der Waals surface area contributed by atoms with Crippen LogP contribution in [0.4, 0.5) is 14.6 Å². The van der Waals surface area contributed by atoms with E-state index >= 15 is 0 Å². The number of nitrogens with one attached hydrogen (secondary N) is 1. The van der Waals surface area contributed by atoms with Gasteiger partial charge in [-0.15, -0.1) is 6.42 Å². The van der Waals surface area contributed by atoms with Crippen LogP contribution in [-0.2, 0) is 0 Å². The normalized spacial score (nSPS) is 9.08. The van der Waals surface area contributed by atoms with Gasteiger partial charge >= 0.3 is 0 Å². The maximum absolute atomic E-state index is 12.7. The molecule has 0 aromatic carbocycles. The molecular weight excluding hydrogens is 162 g/mol. The van der Waals surface area contributed by atoms with E-state index in [4.69, 9.17) is 6.42 Å². The van der Waals surface area contributed by atoms with E-state index in [0.29, 0.717) is 0 Å². The Labute approximate surface area is 68.6 Å². The van der Waals surface area contributed by atoms with Gasteiger partial charge in [0.25, 0.3) is 0 Å². The predicted molar refractivity (Wildman–Crippen MR) is 41.5 cm³/mol. The highest BCUT2D eigenvalue weighted by molar-refractivity contribution is 5.36. The molecular formula is C8H6F2N2. The monoisotopic (exact) mass is 168 g/mol. The van der Waals surface area contributed by atoms with Crippen molar-refractivity contribution in [2.45, 2.75) is 0 Å². The van der Waals surface area contributed by atoms with Gasteiger partial charge in [0, 0.05) is 6.07 Å². The molecule has 0 unspecified atom stereocenters. The number of anilines is 1. The van der Waals surface area contributed by atoms with Gasteiger partial charge in [0.1, 0.15) is 5.82 Å². The molecule has 2 nitrogen and oxygen atoms in total. The summed E-state index contributed by atoms with van der Waals surface area (Å²) in [6, 6.07) is 0.742. The summed E-state index contributed by atoms with van der Waals surface area (Å²) >= 11 is 0. The molecule has 12 heavy (non-hydrogen) atoms. The average molecular weight is 168 g/mol. The van der Waals surface area contributed by atoms with Crippen molar-refractivity contribution >= 4 is 5.82 Å². The average Bonchev–Trinajstić information content (AvgIpc) is 2.03. The number of terminal acetylenes is 1. The van der Waals surface area contributed by atoms with E-state index in [9.17, 15) is 8.78 Å². The number of rotatable bonds is 2. The van der Waals surface area contributed by atoms with Crippen LogP contribution in [0.5, 0.6) is 0 Å². The lowest BCUT2D eigenvalue weighted by Crippen LogP contribution is -2.03. The minimum atomic E-state index is -0.745. The zero-order valence-corrected chi connectivity index (χ0v) is 6.14. The minimum Gasteiger partial charge on any atom is -0.357 e. The molecule has 1 aromatic heterocycles. The number of pyridine rings is 1. The van der Waals surface area contributed by atoms with Crippen molar-refractivity contribution in [1.29, 1.82) is 0 Å². The molecule has 0 fully saturated rings. The fourth-order valence-electron chi connectivity index (χ4n) is 0.679. The van der Waals surface area contributed by atoms with Crippen LogP contribution in [-0.4, -0.2) is 11.5 Å². The van der Waals surface area contributed by atoms with Crippen LogP contribution in [0.3, 0.4) is 0 Å². The van der Waals surface area contributed by atoms with Gasteiger partial charge < -0.3 is 5.32 Å². The maximum atomic E-state index is 12.7. The molecule has 0 amide bonds. The molecule has 1 N–H and O–H groups in total. The van der Waals surface area contributed by atoms with Crippen molar-refractivity contribution in [2.24, 2.45) is 0 Å². The molecule has 0 aliphatic carbocycles. The lowest BCUT2D eigenvalue weighted by atomic mass is 10.4. The number of halogens is 2. The molecule has 1 heterocycles. The zero-order chi connectivity index (χ0) is 8.97. The van der Waals surface area contributed by atoms with Crippen LogP contribution >= 0.6 is 0 Å². The molecule has 0 saturated heterocycles. The van der Waals surface area contributed by atoms with E-state index < -0.39 is 11.6 Å². The molecule has 0 spiro atoms. The molecule has 62 valence electrons. The molecule has 0 atom stereocenters. The molecule has 0 aliphatic heterocycles. The first-order valence-electron chi connectivity index (χ1n) is 3.22. The maximum Gasteiger partial charge on any atom is 0.168 e. The van der Waals surface area contributed by atoms with Crippen molar-refractivity contribution in [3.8, 4) is 12.3 Å². The molecule has 1 rings (SSSR count). The minimum absolute atomic E-state index is 0.0330. The molecule has 0 saturated carbocycles. The summed E-state index contributed by atoms with van der Waals surface area (Å²) in [4.78, 5) is 3.46. The fraction of sp³-hybridized carbons (Fsp3) is 0.125. The summed E-state index contributed by atoms with van der Waals surface area (Å²) in [6.45, 7) is 0.162. The van der Waals surface area contributed by atoms with Crippen LogP contribution in [0.2, 0.25) is 0 Å². The van der Waals surface area contributed by atoms with Crippen LogP contribution in [0.25, 0.3) is 0 Å². The summed E-state index contributed by atoms with van der Waals surface area (Å²) in [6.07, 6.45) is 5.84. The second-order valence-electron chi connectivity index (χ2n) is 2.04. The van der Waals surface area contributed by atoms with Crippen molar-refractivity contribution in [2.75, 3.05) is 11.9 Å². The summed E-state index contributed by atoms with van der Waals surface area (Å²) in [5, 5.41) is 2.50. The standard InChI is InChI=1S/C8H6F2N2/c1-2-3-11-8-7(10)4-6(9)5-12-8/h1,4-5H,3H2,(H,11,12). The number of nitrogens with zero attached hydrogens (tertiary/aromatic N) is 1. The van der Waals surface area contributed by atoms with Gasteiger partial charge in [-0.05, 0) is 0 Å². The Morgan fingerprint density at radius 3 is 2.92 bits per heavy atom. The Bertz CT molecular complexity index is 317. The van der Waals surface area contributed by atoms with E-state index in [1.54, 1.807) is 0 Å². The predicted octanol–water partition coefficient (Wildman–Crippen LogP) is 1.40. The number of hydrogen-bond donors (Lipinski definition) is 1. The van der Waals surface area contributed by atoms with Crippen LogP contribution in [0.1, 0.15) is 0 Å². The van der Waals surface area contributed by atoms with Crippen molar-refractivity contribution in [3.63, 3.8) is 0 Å². The highest BCUT2D eigenvalue weighted by atomic mass is 19.1. The van der Waals surface area contributed by atoms with Crippen molar-refractivity contribution in [1.82, 2.24) is 4.98 Å². The third-order valence-electron chi connectivity index (χ3n) is 1.17. The second kappa shape index (κ2) is 3.67. The Balaban J connectivity index is 2.81. The van der Waals surface area contributed by atoms with Gasteiger partial charge in [-0.3, -0.25) is 0 Å². The van der Waals surface area contributed by atoms with E-state index in [2.05, 4.69) is 16.2 Å². The van der Waals surface area contributed by atoms with E-state index in [0.717, 1.165) is 12.3 Å². The smallest absolute Gasteiger partial charge is 0.168 e. The lowest BCUT2D eigenvalue weighted by Gasteiger charge is -2.01. The first kappa shape index (κ1) is 8.47. The van der Waals surface area contributed by atoms with E-state index in [1.165, 1.54) is 0 Å². The number of hydrogen-bond acceptors (Lipinski definition) is 2. The number of aromatic nitrogens is 1. The topological polar surface area (TPSA) is 24.9 Å². The molecule has 0 bridgehead atoms. The van der Waals surface area contributed by atoms with Gasteiger partial charge in [0.15, 0.2) is 11.6 Å².